The quantitative estimate of drug-likeness (QED) is 0.556. The summed E-state index contributed by atoms with van der Waals surface area (Å²) in [6.07, 6.45) is 0. The van der Waals surface area contributed by atoms with Crippen LogP contribution in [0, 0.1) is 0 Å². The largest absolute Gasteiger partial charge is 0.494 e. The van der Waals surface area contributed by atoms with Gasteiger partial charge in [0.25, 0.3) is 5.91 Å². The van der Waals surface area contributed by atoms with E-state index in [-0.39, 0.29) is 5.91 Å². The maximum Gasteiger partial charge on any atom is 0.272 e. The van der Waals surface area contributed by atoms with Crippen LogP contribution in [0.1, 0.15) is 29.8 Å². The summed E-state index contributed by atoms with van der Waals surface area (Å²) in [7, 11) is 0. The van der Waals surface area contributed by atoms with E-state index in [0.717, 1.165) is 27.8 Å². The molecule has 0 unspecified atom stereocenters. The van der Waals surface area contributed by atoms with Gasteiger partial charge in [0, 0.05) is 5.56 Å². The molecule has 0 saturated heterocycles. The van der Waals surface area contributed by atoms with Crippen molar-refractivity contribution in [1.29, 1.82) is 0 Å². The first-order chi connectivity index (χ1) is 12.2. The third-order valence-electron chi connectivity index (χ3n) is 3.94. The first-order valence-corrected chi connectivity index (χ1v) is 8.24. The molecule has 0 aliphatic rings. The highest BCUT2D eigenvalue weighted by Gasteiger charge is 2.09. The van der Waals surface area contributed by atoms with E-state index >= 15 is 0 Å². The van der Waals surface area contributed by atoms with Crippen LogP contribution < -0.4 is 10.2 Å². The predicted octanol–water partition coefficient (Wildman–Crippen LogP) is 4.39. The van der Waals surface area contributed by atoms with Crippen LogP contribution in [-0.4, -0.2) is 18.2 Å². The topological polar surface area (TPSA) is 50.7 Å². The van der Waals surface area contributed by atoms with Gasteiger partial charge in [-0.15, -0.1) is 0 Å². The Morgan fingerprint density at radius 3 is 2.48 bits per heavy atom. The lowest BCUT2D eigenvalue weighted by molar-refractivity contribution is 0.0956. The Hall–Kier alpha value is -3.14. The van der Waals surface area contributed by atoms with Crippen LogP contribution in [-0.2, 0) is 0 Å². The molecular formula is C21H20N2O2. The van der Waals surface area contributed by atoms with E-state index in [4.69, 9.17) is 4.74 Å². The summed E-state index contributed by atoms with van der Waals surface area (Å²) in [6, 6.07) is 21.1. The second-order valence-corrected chi connectivity index (χ2v) is 5.62. The number of hydrogen-bond acceptors (Lipinski definition) is 3. The molecule has 0 saturated carbocycles. The van der Waals surface area contributed by atoms with Crippen LogP contribution in [0.3, 0.4) is 0 Å². The van der Waals surface area contributed by atoms with Gasteiger partial charge in [-0.25, -0.2) is 5.43 Å². The molecule has 0 atom stereocenters. The fraction of sp³-hybridized carbons (Fsp3) is 0.143. The molecule has 4 heteroatoms. The number of hydrogen-bond donors (Lipinski definition) is 1. The van der Waals surface area contributed by atoms with Crippen molar-refractivity contribution in [2.75, 3.05) is 6.61 Å². The fourth-order valence-electron chi connectivity index (χ4n) is 2.64. The summed E-state index contributed by atoms with van der Waals surface area (Å²) in [5, 5.41) is 6.17. The molecule has 4 nitrogen and oxygen atoms in total. The number of rotatable bonds is 5. The van der Waals surface area contributed by atoms with Gasteiger partial charge in [-0.05, 0) is 60.5 Å². The molecule has 3 aromatic rings. The zero-order valence-electron chi connectivity index (χ0n) is 14.3. The van der Waals surface area contributed by atoms with Gasteiger partial charge in [0.05, 0.1) is 12.3 Å². The van der Waals surface area contributed by atoms with Gasteiger partial charge >= 0.3 is 0 Å². The van der Waals surface area contributed by atoms with Crippen molar-refractivity contribution in [2.45, 2.75) is 13.8 Å². The Morgan fingerprint density at radius 1 is 1.00 bits per heavy atom. The summed E-state index contributed by atoms with van der Waals surface area (Å²) in [6.45, 7) is 4.44. The molecule has 3 aromatic carbocycles. The monoisotopic (exact) mass is 332 g/mol. The standard InChI is InChI=1S/C21H20N2O2/c1-3-25-18-13-11-16(12-14-18)15(2)22-23-21(24)20-10-6-8-17-7-4-5-9-19(17)20/h4-14H,3H2,1-2H3,(H,23,24)/b22-15-. The van der Waals surface area contributed by atoms with Crippen LogP contribution >= 0.6 is 0 Å². The third-order valence-corrected chi connectivity index (χ3v) is 3.94. The Bertz CT molecular complexity index is 909. The van der Waals surface area contributed by atoms with Gasteiger partial charge in [0.1, 0.15) is 5.75 Å². The lowest BCUT2D eigenvalue weighted by atomic mass is 10.0. The van der Waals surface area contributed by atoms with E-state index in [2.05, 4.69) is 10.5 Å². The highest BCUT2D eigenvalue weighted by Crippen LogP contribution is 2.18. The van der Waals surface area contributed by atoms with E-state index in [1.54, 1.807) is 6.07 Å². The lowest BCUT2D eigenvalue weighted by Crippen LogP contribution is -2.19. The Balaban J connectivity index is 1.77. The zero-order chi connectivity index (χ0) is 17.6. The molecule has 0 fully saturated rings. The molecule has 0 spiro atoms. The number of nitrogens with zero attached hydrogens (tertiary/aromatic N) is 1. The van der Waals surface area contributed by atoms with Gasteiger partial charge < -0.3 is 4.74 Å². The predicted molar refractivity (Wildman–Crippen MR) is 101 cm³/mol. The van der Waals surface area contributed by atoms with Gasteiger partial charge in [-0.3, -0.25) is 4.79 Å². The molecule has 0 aliphatic carbocycles. The van der Waals surface area contributed by atoms with Crippen LogP contribution in [0.2, 0.25) is 0 Å². The average molecular weight is 332 g/mol. The Kier molecular flexibility index (Phi) is 5.09. The summed E-state index contributed by atoms with van der Waals surface area (Å²) in [5.74, 6) is 0.598. The van der Waals surface area contributed by atoms with E-state index in [1.165, 1.54) is 0 Å². The van der Waals surface area contributed by atoms with E-state index < -0.39 is 0 Å². The zero-order valence-corrected chi connectivity index (χ0v) is 14.3. The molecule has 1 N–H and O–H groups in total. The molecule has 0 heterocycles. The summed E-state index contributed by atoms with van der Waals surface area (Å²) >= 11 is 0. The van der Waals surface area contributed by atoms with Gasteiger partial charge in [-0.1, -0.05) is 36.4 Å². The molecule has 0 aromatic heterocycles. The minimum absolute atomic E-state index is 0.220. The minimum atomic E-state index is -0.220. The summed E-state index contributed by atoms with van der Waals surface area (Å²) < 4.78 is 5.43. The molecule has 0 radical (unpaired) electrons. The van der Waals surface area contributed by atoms with E-state index in [0.29, 0.717) is 12.2 Å². The van der Waals surface area contributed by atoms with Crippen molar-refractivity contribution in [3.05, 3.63) is 77.9 Å². The molecule has 1 amide bonds. The summed E-state index contributed by atoms with van der Waals surface area (Å²) in [4.78, 5) is 12.5. The maximum absolute atomic E-state index is 12.5. The summed E-state index contributed by atoms with van der Waals surface area (Å²) in [5.41, 5.74) is 4.92. The van der Waals surface area contributed by atoms with Gasteiger partial charge in [0.15, 0.2) is 0 Å². The first kappa shape index (κ1) is 16.7. The number of ether oxygens (including phenoxy) is 1. The average Bonchev–Trinajstić information content (AvgIpc) is 2.66. The van der Waals surface area contributed by atoms with Crippen molar-refractivity contribution >= 4 is 22.4 Å². The van der Waals surface area contributed by atoms with Crippen molar-refractivity contribution < 1.29 is 9.53 Å². The molecule has 126 valence electrons. The number of nitrogens with one attached hydrogen (secondary N) is 1. The van der Waals surface area contributed by atoms with Crippen molar-refractivity contribution in [2.24, 2.45) is 5.10 Å². The first-order valence-electron chi connectivity index (χ1n) is 8.24. The number of carbonyl (C=O) groups excluding carboxylic acids is 1. The second-order valence-electron chi connectivity index (χ2n) is 5.62. The molecular weight excluding hydrogens is 312 g/mol. The Labute approximate surface area is 147 Å². The lowest BCUT2D eigenvalue weighted by Gasteiger charge is -2.07. The smallest absolute Gasteiger partial charge is 0.272 e. The van der Waals surface area contributed by atoms with Gasteiger partial charge in [0.2, 0.25) is 0 Å². The molecule has 3 rings (SSSR count). The molecule has 0 aliphatic heterocycles. The minimum Gasteiger partial charge on any atom is -0.494 e. The maximum atomic E-state index is 12.5. The van der Waals surface area contributed by atoms with Crippen molar-refractivity contribution in [3.8, 4) is 5.75 Å². The Morgan fingerprint density at radius 2 is 1.72 bits per heavy atom. The van der Waals surface area contributed by atoms with Crippen LogP contribution in [0.5, 0.6) is 5.75 Å². The number of benzene rings is 3. The van der Waals surface area contributed by atoms with Crippen molar-refractivity contribution in [1.82, 2.24) is 5.43 Å². The number of carbonyl (C=O) groups is 1. The molecule has 25 heavy (non-hydrogen) atoms. The number of amides is 1. The normalized spacial score (nSPS) is 11.4. The van der Waals surface area contributed by atoms with Crippen LogP contribution in [0.4, 0.5) is 0 Å². The van der Waals surface area contributed by atoms with Gasteiger partial charge in [-0.2, -0.15) is 5.10 Å². The third kappa shape index (κ3) is 3.86. The van der Waals surface area contributed by atoms with Crippen molar-refractivity contribution in [3.63, 3.8) is 0 Å². The highest BCUT2D eigenvalue weighted by atomic mass is 16.5. The number of hydrazone groups is 1. The van der Waals surface area contributed by atoms with E-state index in [1.807, 2.05) is 74.5 Å². The fourth-order valence-corrected chi connectivity index (χ4v) is 2.64. The SMILES string of the molecule is CCOc1ccc(/C(C)=N\NC(=O)c2cccc3ccccc23)cc1. The highest BCUT2D eigenvalue weighted by molar-refractivity contribution is 6.07. The number of fused-ring (bicyclic) bond motifs is 1. The second kappa shape index (κ2) is 7.62. The molecule has 0 bridgehead atoms. The van der Waals surface area contributed by atoms with Crippen LogP contribution in [0.15, 0.2) is 71.8 Å². The van der Waals surface area contributed by atoms with Crippen LogP contribution in [0.25, 0.3) is 10.8 Å². The van der Waals surface area contributed by atoms with E-state index in [9.17, 15) is 4.79 Å².